The molecule has 3 N–H and O–H groups in total. The Hall–Kier alpha value is -1.26. The van der Waals surface area contributed by atoms with E-state index in [9.17, 15) is 5.11 Å². The molecular formula is C25H43NO3. The Morgan fingerprint density at radius 1 is 1.17 bits per heavy atom. The van der Waals surface area contributed by atoms with Gasteiger partial charge in [-0.05, 0) is 49.1 Å². The molecule has 1 aromatic rings. The largest absolute Gasteiger partial charge is 0.496 e. The van der Waals surface area contributed by atoms with Crippen molar-refractivity contribution in [2.75, 3.05) is 20.3 Å². The Labute approximate surface area is 178 Å². The molecule has 1 saturated carbocycles. The highest BCUT2D eigenvalue weighted by atomic mass is 16.5. The van der Waals surface area contributed by atoms with E-state index in [1.165, 1.54) is 44.9 Å². The Morgan fingerprint density at radius 3 is 2.55 bits per heavy atom. The second-order valence-corrected chi connectivity index (χ2v) is 9.44. The van der Waals surface area contributed by atoms with Crippen molar-refractivity contribution >= 4 is 0 Å². The lowest BCUT2D eigenvalue weighted by Gasteiger charge is -2.36. The van der Waals surface area contributed by atoms with Crippen LogP contribution in [0.2, 0.25) is 0 Å². The van der Waals surface area contributed by atoms with Crippen molar-refractivity contribution < 1.29 is 14.6 Å². The average molecular weight is 406 g/mol. The van der Waals surface area contributed by atoms with E-state index < -0.39 is 5.54 Å². The molecule has 1 fully saturated rings. The summed E-state index contributed by atoms with van der Waals surface area (Å²) in [6.07, 6.45) is 12.6. The van der Waals surface area contributed by atoms with Gasteiger partial charge in [-0.1, -0.05) is 64.9 Å². The van der Waals surface area contributed by atoms with Crippen molar-refractivity contribution in [3.63, 3.8) is 0 Å². The summed E-state index contributed by atoms with van der Waals surface area (Å²) in [5.74, 6) is 3.21. The minimum Gasteiger partial charge on any atom is -0.496 e. The number of ether oxygens (including phenoxy) is 2. The van der Waals surface area contributed by atoms with E-state index in [1.807, 2.05) is 12.1 Å². The molecule has 1 aliphatic carbocycles. The van der Waals surface area contributed by atoms with Crippen LogP contribution in [-0.4, -0.2) is 31.0 Å². The third-order valence-corrected chi connectivity index (χ3v) is 6.33. The Balaban J connectivity index is 1.77. The number of hydrogen-bond donors (Lipinski definition) is 2. The van der Waals surface area contributed by atoms with Crippen molar-refractivity contribution in [1.29, 1.82) is 0 Å². The molecule has 4 heteroatoms. The van der Waals surface area contributed by atoms with Crippen LogP contribution in [0.1, 0.15) is 83.6 Å². The number of hydrogen-bond acceptors (Lipinski definition) is 4. The number of rotatable bonds is 15. The summed E-state index contributed by atoms with van der Waals surface area (Å²) >= 11 is 0. The number of nitrogens with two attached hydrogens (primary N) is 1. The molecule has 0 saturated heterocycles. The zero-order valence-corrected chi connectivity index (χ0v) is 18.9. The molecule has 0 aliphatic heterocycles. The lowest BCUT2D eigenvalue weighted by Crippen LogP contribution is -2.46. The molecule has 4 nitrogen and oxygen atoms in total. The normalized spacial score (nSPS) is 16.5. The molecule has 2 rings (SSSR count). The van der Waals surface area contributed by atoms with Gasteiger partial charge in [0.1, 0.15) is 11.5 Å². The molecule has 1 unspecified atom stereocenters. The first kappa shape index (κ1) is 24.0. The van der Waals surface area contributed by atoms with Crippen LogP contribution in [0.3, 0.4) is 0 Å². The van der Waals surface area contributed by atoms with Gasteiger partial charge >= 0.3 is 0 Å². The number of unbranched alkanes of at least 4 members (excludes halogenated alkanes) is 3. The highest BCUT2D eigenvalue weighted by Crippen LogP contribution is 2.35. The Kier molecular flexibility index (Phi) is 10.3. The van der Waals surface area contributed by atoms with Gasteiger partial charge in [-0.3, -0.25) is 0 Å². The van der Waals surface area contributed by atoms with Crippen LogP contribution in [-0.2, 0) is 6.42 Å². The smallest absolute Gasteiger partial charge is 0.125 e. The second-order valence-electron chi connectivity index (χ2n) is 9.44. The standard InChI is InChI=1S/C25H43NO3/c1-20(2)9-6-4-5-7-16-29-23-13-12-22(24(17-23)28-3)14-15-25(26,19-27)18-21-10-8-11-21/h12-13,17,20-21,27H,4-11,14-16,18-19,26H2,1-3H3. The number of aliphatic hydroxyl groups excluding tert-OH is 1. The van der Waals surface area contributed by atoms with Crippen molar-refractivity contribution in [1.82, 2.24) is 0 Å². The van der Waals surface area contributed by atoms with Crippen LogP contribution < -0.4 is 15.2 Å². The molecular weight excluding hydrogens is 362 g/mol. The van der Waals surface area contributed by atoms with Crippen molar-refractivity contribution in [3.8, 4) is 11.5 Å². The molecule has 1 aliphatic rings. The Morgan fingerprint density at radius 2 is 1.93 bits per heavy atom. The first-order valence-corrected chi connectivity index (χ1v) is 11.7. The van der Waals surface area contributed by atoms with E-state index in [1.54, 1.807) is 7.11 Å². The van der Waals surface area contributed by atoms with E-state index in [-0.39, 0.29) is 6.61 Å². The molecule has 0 amide bonds. The number of benzene rings is 1. The topological polar surface area (TPSA) is 64.7 Å². The monoisotopic (exact) mass is 405 g/mol. The highest BCUT2D eigenvalue weighted by Gasteiger charge is 2.31. The summed E-state index contributed by atoms with van der Waals surface area (Å²) in [5, 5.41) is 9.83. The van der Waals surface area contributed by atoms with Crippen LogP contribution in [0.25, 0.3) is 0 Å². The zero-order valence-electron chi connectivity index (χ0n) is 18.9. The average Bonchev–Trinajstić information content (AvgIpc) is 2.68. The minimum atomic E-state index is -0.485. The predicted octanol–water partition coefficient (Wildman–Crippen LogP) is 5.49. The highest BCUT2D eigenvalue weighted by molar-refractivity contribution is 5.41. The van der Waals surface area contributed by atoms with Gasteiger partial charge in [-0.2, -0.15) is 0 Å². The fraction of sp³-hybridized carbons (Fsp3) is 0.760. The summed E-state index contributed by atoms with van der Waals surface area (Å²) < 4.78 is 11.5. The van der Waals surface area contributed by atoms with Gasteiger partial charge in [0.15, 0.2) is 0 Å². The van der Waals surface area contributed by atoms with Crippen LogP contribution in [0.5, 0.6) is 11.5 Å². The van der Waals surface area contributed by atoms with E-state index >= 15 is 0 Å². The lowest BCUT2D eigenvalue weighted by molar-refractivity contribution is 0.135. The molecule has 0 spiro atoms. The van der Waals surface area contributed by atoms with E-state index in [0.717, 1.165) is 55.3 Å². The number of aliphatic hydroxyl groups is 1. The van der Waals surface area contributed by atoms with Crippen LogP contribution in [0, 0.1) is 11.8 Å². The lowest BCUT2D eigenvalue weighted by atomic mass is 9.75. The molecule has 0 aromatic heterocycles. The molecule has 1 atom stereocenters. The van der Waals surface area contributed by atoms with Gasteiger partial charge in [0, 0.05) is 11.6 Å². The molecule has 29 heavy (non-hydrogen) atoms. The Bertz CT molecular complexity index is 585. The zero-order chi connectivity index (χ0) is 21.1. The second kappa shape index (κ2) is 12.4. The van der Waals surface area contributed by atoms with Crippen LogP contribution in [0.4, 0.5) is 0 Å². The SMILES string of the molecule is COc1cc(OCCCCCCC(C)C)ccc1CCC(N)(CO)CC1CCC1. The molecule has 0 bridgehead atoms. The van der Waals surface area contributed by atoms with Crippen LogP contribution in [0.15, 0.2) is 18.2 Å². The maximum absolute atomic E-state index is 9.83. The maximum Gasteiger partial charge on any atom is 0.125 e. The van der Waals surface area contributed by atoms with Gasteiger partial charge in [0.2, 0.25) is 0 Å². The van der Waals surface area contributed by atoms with E-state index in [2.05, 4.69) is 19.9 Å². The first-order valence-electron chi connectivity index (χ1n) is 11.7. The quantitative estimate of drug-likeness (QED) is 0.379. The fourth-order valence-electron chi connectivity index (χ4n) is 4.12. The summed E-state index contributed by atoms with van der Waals surface area (Å²) in [6, 6.07) is 6.09. The molecule has 166 valence electrons. The summed E-state index contributed by atoms with van der Waals surface area (Å²) in [4.78, 5) is 0. The van der Waals surface area contributed by atoms with Crippen LogP contribution >= 0.6 is 0 Å². The summed E-state index contributed by atoms with van der Waals surface area (Å²) in [7, 11) is 1.70. The molecule has 1 aromatic carbocycles. The summed E-state index contributed by atoms with van der Waals surface area (Å²) in [6.45, 7) is 5.36. The van der Waals surface area contributed by atoms with Gasteiger partial charge in [-0.25, -0.2) is 0 Å². The number of methoxy groups -OCH3 is 1. The number of aryl methyl sites for hydroxylation is 1. The van der Waals surface area contributed by atoms with Crippen molar-refractivity contribution in [3.05, 3.63) is 23.8 Å². The molecule has 0 heterocycles. The van der Waals surface area contributed by atoms with Gasteiger partial charge in [0.25, 0.3) is 0 Å². The third kappa shape index (κ3) is 8.55. The summed E-state index contributed by atoms with van der Waals surface area (Å²) in [5.41, 5.74) is 7.14. The van der Waals surface area contributed by atoms with E-state index in [0.29, 0.717) is 5.92 Å². The van der Waals surface area contributed by atoms with Gasteiger partial charge in [-0.15, -0.1) is 0 Å². The third-order valence-electron chi connectivity index (χ3n) is 6.33. The van der Waals surface area contributed by atoms with Crippen molar-refractivity contribution in [2.45, 2.75) is 90.0 Å². The van der Waals surface area contributed by atoms with E-state index in [4.69, 9.17) is 15.2 Å². The minimum absolute atomic E-state index is 0.0458. The predicted molar refractivity (Wildman–Crippen MR) is 121 cm³/mol. The van der Waals surface area contributed by atoms with Crippen molar-refractivity contribution in [2.24, 2.45) is 17.6 Å². The van der Waals surface area contributed by atoms with Gasteiger partial charge in [0.05, 0.1) is 20.3 Å². The maximum atomic E-state index is 9.83. The molecule has 0 radical (unpaired) electrons. The fourth-order valence-corrected chi connectivity index (χ4v) is 4.12. The van der Waals surface area contributed by atoms with Gasteiger partial charge < -0.3 is 20.3 Å². The first-order chi connectivity index (χ1) is 14.0.